The molecule has 0 amide bonds. The lowest BCUT2D eigenvalue weighted by atomic mass is 9.80. The van der Waals surface area contributed by atoms with E-state index in [1.54, 1.807) is 0 Å². The topological polar surface area (TPSA) is 26.0 Å². The van der Waals surface area contributed by atoms with Gasteiger partial charge in [-0.05, 0) is 24.0 Å². The lowest BCUT2D eigenvalue weighted by Gasteiger charge is -2.30. The number of rotatable bonds is 4. The van der Waals surface area contributed by atoms with Crippen LogP contribution in [0.25, 0.3) is 0 Å². The molecule has 1 heteroatoms. The van der Waals surface area contributed by atoms with Gasteiger partial charge in [-0.1, -0.05) is 66.8 Å². The Morgan fingerprint density at radius 1 is 1.22 bits per heavy atom. The minimum absolute atomic E-state index is 0.492. The van der Waals surface area contributed by atoms with Crippen LogP contribution in [0.3, 0.4) is 0 Å². The molecule has 0 radical (unpaired) electrons. The molecule has 1 aromatic rings. The summed E-state index contributed by atoms with van der Waals surface area (Å²) < 4.78 is 0. The van der Waals surface area contributed by atoms with E-state index in [9.17, 15) is 0 Å². The van der Waals surface area contributed by atoms with Gasteiger partial charge >= 0.3 is 0 Å². The predicted molar refractivity (Wildman–Crippen MR) is 78.1 cm³/mol. The van der Waals surface area contributed by atoms with E-state index in [1.165, 1.54) is 0 Å². The highest BCUT2D eigenvalue weighted by Crippen LogP contribution is 2.32. The zero-order valence-corrected chi connectivity index (χ0v) is 10.5. The Kier molecular flexibility index (Phi) is 3.96. The molecular formula is C17H19N. The molecule has 0 heterocycles. The standard InChI is InChI=1S/C17H19N/c1-2-14-17(18,16-12-8-5-9-13-16)15-10-6-3-4-7-11-15/h2-3,5-13H,1,4,14,18H2. The average Bonchev–Trinajstić information content (AvgIpc) is 2.69. The predicted octanol–water partition coefficient (Wildman–Crippen LogP) is 3.86. The summed E-state index contributed by atoms with van der Waals surface area (Å²) >= 11 is 0. The first-order valence-corrected chi connectivity index (χ1v) is 6.26. The molecule has 0 aliphatic heterocycles. The third kappa shape index (κ3) is 2.52. The van der Waals surface area contributed by atoms with Gasteiger partial charge < -0.3 is 5.73 Å². The quantitative estimate of drug-likeness (QED) is 0.791. The molecule has 0 saturated carbocycles. The summed E-state index contributed by atoms with van der Waals surface area (Å²) in [6.45, 7) is 3.84. The Hall–Kier alpha value is -1.86. The van der Waals surface area contributed by atoms with Crippen LogP contribution in [0.5, 0.6) is 0 Å². The summed E-state index contributed by atoms with van der Waals surface area (Å²) in [5.41, 5.74) is 8.41. The van der Waals surface area contributed by atoms with Gasteiger partial charge in [0.05, 0.1) is 5.54 Å². The van der Waals surface area contributed by atoms with Gasteiger partial charge in [-0.3, -0.25) is 0 Å². The molecule has 0 aromatic heterocycles. The molecule has 1 unspecified atom stereocenters. The highest BCUT2D eigenvalue weighted by atomic mass is 14.7. The molecular weight excluding hydrogens is 218 g/mol. The third-order valence-corrected chi connectivity index (χ3v) is 3.25. The summed E-state index contributed by atoms with van der Waals surface area (Å²) in [5.74, 6) is 0. The summed E-state index contributed by atoms with van der Waals surface area (Å²) in [7, 11) is 0. The molecule has 0 bridgehead atoms. The zero-order chi connectivity index (χ0) is 12.8. The Bertz CT molecular complexity index is 494. The first-order valence-electron chi connectivity index (χ1n) is 6.26. The second-order valence-electron chi connectivity index (χ2n) is 4.52. The van der Waals surface area contributed by atoms with Gasteiger partial charge in [0.2, 0.25) is 0 Å². The molecule has 1 aliphatic carbocycles. The molecule has 1 atom stereocenters. The molecule has 1 aromatic carbocycles. The van der Waals surface area contributed by atoms with E-state index in [0.29, 0.717) is 0 Å². The van der Waals surface area contributed by atoms with Crippen molar-refractivity contribution in [1.82, 2.24) is 0 Å². The summed E-state index contributed by atoms with van der Waals surface area (Å²) in [6.07, 6.45) is 14.1. The molecule has 92 valence electrons. The normalized spacial score (nSPS) is 17.7. The fourth-order valence-corrected chi connectivity index (χ4v) is 2.24. The second kappa shape index (κ2) is 5.65. The van der Waals surface area contributed by atoms with Crippen LogP contribution in [0.4, 0.5) is 0 Å². The smallest absolute Gasteiger partial charge is 0.0700 e. The van der Waals surface area contributed by atoms with E-state index >= 15 is 0 Å². The molecule has 2 rings (SSSR count). The summed E-state index contributed by atoms with van der Waals surface area (Å²) in [6, 6.07) is 10.2. The maximum absolute atomic E-state index is 6.65. The van der Waals surface area contributed by atoms with Gasteiger partial charge in [-0.25, -0.2) is 0 Å². The van der Waals surface area contributed by atoms with Gasteiger partial charge in [-0.2, -0.15) is 0 Å². The number of benzene rings is 1. The van der Waals surface area contributed by atoms with Crippen molar-refractivity contribution in [2.45, 2.75) is 18.4 Å². The number of allylic oxidation sites excluding steroid dienone is 4. The number of nitrogens with two attached hydrogens (primary N) is 1. The van der Waals surface area contributed by atoms with Crippen LogP contribution in [0.15, 0.2) is 78.9 Å². The molecule has 0 fully saturated rings. The van der Waals surface area contributed by atoms with Crippen molar-refractivity contribution in [1.29, 1.82) is 0 Å². The van der Waals surface area contributed by atoms with E-state index in [-0.39, 0.29) is 0 Å². The van der Waals surface area contributed by atoms with Gasteiger partial charge in [0, 0.05) is 0 Å². The van der Waals surface area contributed by atoms with Crippen LogP contribution in [0.2, 0.25) is 0 Å². The third-order valence-electron chi connectivity index (χ3n) is 3.25. The monoisotopic (exact) mass is 237 g/mol. The highest BCUT2D eigenvalue weighted by molar-refractivity contribution is 5.43. The maximum atomic E-state index is 6.65. The first-order chi connectivity index (χ1) is 8.77. The van der Waals surface area contributed by atoms with Crippen molar-refractivity contribution in [3.63, 3.8) is 0 Å². The first kappa shape index (κ1) is 12.6. The Balaban J connectivity index is 2.47. The van der Waals surface area contributed by atoms with Crippen LogP contribution in [-0.2, 0) is 5.54 Å². The summed E-state index contributed by atoms with van der Waals surface area (Å²) in [4.78, 5) is 0. The van der Waals surface area contributed by atoms with E-state index in [2.05, 4.69) is 49.1 Å². The Morgan fingerprint density at radius 3 is 2.72 bits per heavy atom. The minimum Gasteiger partial charge on any atom is -0.317 e. The molecule has 1 aliphatic rings. The molecule has 1 nitrogen and oxygen atoms in total. The number of hydrogen-bond donors (Lipinski definition) is 1. The maximum Gasteiger partial charge on any atom is 0.0700 e. The van der Waals surface area contributed by atoms with Crippen molar-refractivity contribution in [2.75, 3.05) is 0 Å². The highest BCUT2D eigenvalue weighted by Gasteiger charge is 2.28. The van der Waals surface area contributed by atoms with E-state index in [1.807, 2.05) is 24.3 Å². The van der Waals surface area contributed by atoms with Gasteiger partial charge in [0.15, 0.2) is 0 Å². The SMILES string of the molecule is C=CCC(N)(C1=CC=CCC=C1)c1ccccc1. The van der Waals surface area contributed by atoms with Crippen LogP contribution < -0.4 is 5.73 Å². The van der Waals surface area contributed by atoms with Crippen LogP contribution in [-0.4, -0.2) is 0 Å². The van der Waals surface area contributed by atoms with Gasteiger partial charge in [0.25, 0.3) is 0 Å². The molecule has 0 saturated heterocycles. The minimum atomic E-state index is -0.492. The van der Waals surface area contributed by atoms with E-state index < -0.39 is 5.54 Å². The lowest BCUT2D eigenvalue weighted by molar-refractivity contribution is 0.546. The average molecular weight is 237 g/mol. The fourth-order valence-electron chi connectivity index (χ4n) is 2.24. The van der Waals surface area contributed by atoms with Gasteiger partial charge in [0.1, 0.15) is 0 Å². The van der Waals surface area contributed by atoms with Crippen molar-refractivity contribution in [3.8, 4) is 0 Å². The van der Waals surface area contributed by atoms with Crippen molar-refractivity contribution in [2.24, 2.45) is 5.73 Å². The van der Waals surface area contributed by atoms with Gasteiger partial charge in [-0.15, -0.1) is 6.58 Å². The van der Waals surface area contributed by atoms with E-state index in [4.69, 9.17) is 5.73 Å². The molecule has 0 spiro atoms. The number of hydrogen-bond acceptors (Lipinski definition) is 1. The summed E-state index contributed by atoms with van der Waals surface area (Å²) in [5, 5.41) is 0. The fraction of sp³-hybridized carbons (Fsp3) is 0.176. The van der Waals surface area contributed by atoms with Crippen molar-refractivity contribution < 1.29 is 0 Å². The molecule has 2 N–H and O–H groups in total. The largest absolute Gasteiger partial charge is 0.317 e. The van der Waals surface area contributed by atoms with Crippen LogP contribution in [0, 0.1) is 0 Å². The Labute approximate surface area is 109 Å². The van der Waals surface area contributed by atoms with Crippen molar-refractivity contribution >= 4 is 0 Å². The van der Waals surface area contributed by atoms with Crippen molar-refractivity contribution in [3.05, 3.63) is 84.5 Å². The van der Waals surface area contributed by atoms with E-state index in [0.717, 1.165) is 24.0 Å². The lowest BCUT2D eigenvalue weighted by Crippen LogP contribution is -2.37. The second-order valence-corrected chi connectivity index (χ2v) is 4.52. The van der Waals surface area contributed by atoms with Crippen LogP contribution in [0.1, 0.15) is 18.4 Å². The Morgan fingerprint density at radius 2 is 2.00 bits per heavy atom. The molecule has 18 heavy (non-hydrogen) atoms. The van der Waals surface area contributed by atoms with Crippen LogP contribution >= 0.6 is 0 Å². The zero-order valence-electron chi connectivity index (χ0n) is 10.5.